The summed E-state index contributed by atoms with van der Waals surface area (Å²) in [4.78, 5) is 41.0. The fourth-order valence-corrected chi connectivity index (χ4v) is 4.77. The van der Waals surface area contributed by atoms with E-state index in [9.17, 15) is 9.59 Å². The van der Waals surface area contributed by atoms with Gasteiger partial charge in [-0.2, -0.15) is 5.10 Å². The highest BCUT2D eigenvalue weighted by molar-refractivity contribution is 6.07. The number of rotatable bonds is 4. The summed E-state index contributed by atoms with van der Waals surface area (Å²) < 4.78 is 0. The normalized spacial score (nSPS) is 20.9. The molecular formula is C23H23N5O4. The quantitative estimate of drug-likeness (QED) is 0.542. The number of benzene rings is 1. The fraction of sp³-hybridized carbons (Fsp3) is 0.261. The van der Waals surface area contributed by atoms with Crippen molar-refractivity contribution in [3.05, 3.63) is 77.9 Å². The Balaban J connectivity index is 0.000000775. The summed E-state index contributed by atoms with van der Waals surface area (Å²) in [6.45, 7) is 0.283. The Kier molecular flexibility index (Phi) is 5.98. The Morgan fingerprint density at radius 1 is 1.25 bits per heavy atom. The van der Waals surface area contributed by atoms with Gasteiger partial charge in [0.1, 0.15) is 5.41 Å². The van der Waals surface area contributed by atoms with Gasteiger partial charge in [0.05, 0.1) is 12.2 Å². The lowest BCUT2D eigenvalue weighted by atomic mass is 9.73. The van der Waals surface area contributed by atoms with Crippen LogP contribution in [-0.2, 0) is 26.2 Å². The summed E-state index contributed by atoms with van der Waals surface area (Å²) in [5.41, 5.74) is 2.89. The molecule has 2 atom stereocenters. The van der Waals surface area contributed by atoms with Crippen molar-refractivity contribution in [2.75, 3.05) is 11.9 Å². The Morgan fingerprint density at radius 3 is 2.78 bits per heavy atom. The summed E-state index contributed by atoms with van der Waals surface area (Å²) in [6, 6.07) is 11.2. The van der Waals surface area contributed by atoms with E-state index in [1.165, 1.54) is 0 Å². The van der Waals surface area contributed by atoms with Gasteiger partial charge in [-0.1, -0.05) is 24.3 Å². The molecule has 2 aromatic heterocycles. The van der Waals surface area contributed by atoms with Gasteiger partial charge in [0.2, 0.25) is 11.8 Å². The number of H-pyrrole nitrogens is 1. The first-order chi connectivity index (χ1) is 15.6. The van der Waals surface area contributed by atoms with Crippen molar-refractivity contribution >= 4 is 24.0 Å². The van der Waals surface area contributed by atoms with Gasteiger partial charge in [-0.15, -0.1) is 0 Å². The predicted octanol–water partition coefficient (Wildman–Crippen LogP) is 2.30. The van der Waals surface area contributed by atoms with Gasteiger partial charge in [0.15, 0.2) is 0 Å². The second-order valence-electron chi connectivity index (χ2n) is 7.71. The number of pyridine rings is 1. The number of nitrogens with one attached hydrogen (secondary N) is 2. The Morgan fingerprint density at radius 2 is 2.06 bits per heavy atom. The molecule has 1 saturated heterocycles. The maximum absolute atomic E-state index is 13.3. The van der Waals surface area contributed by atoms with E-state index in [-0.39, 0.29) is 24.3 Å². The van der Waals surface area contributed by atoms with Crippen LogP contribution in [-0.4, -0.2) is 50.0 Å². The molecule has 1 fully saturated rings. The monoisotopic (exact) mass is 433 g/mol. The van der Waals surface area contributed by atoms with Crippen molar-refractivity contribution in [3.8, 4) is 0 Å². The van der Waals surface area contributed by atoms with E-state index in [0.717, 1.165) is 22.4 Å². The number of amides is 2. The van der Waals surface area contributed by atoms with E-state index in [4.69, 9.17) is 9.90 Å². The Bertz CT molecular complexity index is 1100. The number of likely N-dealkylation sites (tertiary alicyclic amines) is 1. The number of carbonyl (C=O) groups excluding carboxylic acids is 2. The molecule has 164 valence electrons. The van der Waals surface area contributed by atoms with E-state index >= 15 is 0 Å². The molecule has 2 aliphatic heterocycles. The van der Waals surface area contributed by atoms with Crippen LogP contribution in [0.25, 0.3) is 0 Å². The van der Waals surface area contributed by atoms with Crippen molar-refractivity contribution in [3.63, 3.8) is 0 Å². The summed E-state index contributed by atoms with van der Waals surface area (Å²) in [5, 5.41) is 16.6. The molecule has 3 aromatic rings. The number of anilines is 1. The van der Waals surface area contributed by atoms with Crippen molar-refractivity contribution in [2.45, 2.75) is 30.7 Å². The summed E-state index contributed by atoms with van der Waals surface area (Å²) >= 11 is 0. The zero-order chi connectivity index (χ0) is 22.6. The molecule has 0 radical (unpaired) electrons. The molecule has 4 heterocycles. The smallest absolute Gasteiger partial charge is 0.290 e. The first-order valence-electron chi connectivity index (χ1n) is 10.3. The number of aromatic nitrogens is 3. The number of carbonyl (C=O) groups is 3. The SMILES string of the molecule is O=C(CCc1cn[nH]c1)N1CCC2(C(=O)Nc3ccccc32)C1c1cccnc1.O=CO. The van der Waals surface area contributed by atoms with Gasteiger partial charge in [0.25, 0.3) is 6.47 Å². The number of aromatic amines is 1. The van der Waals surface area contributed by atoms with Crippen LogP contribution < -0.4 is 5.32 Å². The number of hydrogen-bond donors (Lipinski definition) is 3. The van der Waals surface area contributed by atoms with Crippen LogP contribution in [0.5, 0.6) is 0 Å². The molecule has 5 rings (SSSR count). The summed E-state index contributed by atoms with van der Waals surface area (Å²) in [6.07, 6.45) is 8.58. The van der Waals surface area contributed by atoms with E-state index in [2.05, 4.69) is 20.5 Å². The van der Waals surface area contributed by atoms with Gasteiger partial charge >= 0.3 is 0 Å². The molecule has 2 aliphatic rings. The van der Waals surface area contributed by atoms with Crippen LogP contribution in [0, 0.1) is 0 Å². The molecule has 9 heteroatoms. The average molecular weight is 433 g/mol. The zero-order valence-corrected chi connectivity index (χ0v) is 17.3. The van der Waals surface area contributed by atoms with E-state index in [0.29, 0.717) is 25.8 Å². The number of para-hydroxylation sites is 1. The molecule has 2 amide bonds. The first-order valence-corrected chi connectivity index (χ1v) is 10.3. The largest absolute Gasteiger partial charge is 0.483 e. The zero-order valence-electron chi connectivity index (χ0n) is 17.3. The molecule has 2 unspecified atom stereocenters. The maximum Gasteiger partial charge on any atom is 0.290 e. The van der Waals surface area contributed by atoms with Gasteiger partial charge in [-0.3, -0.25) is 24.5 Å². The molecule has 1 aromatic carbocycles. The van der Waals surface area contributed by atoms with E-state index in [1.54, 1.807) is 24.8 Å². The Labute approximate surface area is 184 Å². The lowest BCUT2D eigenvalue weighted by Gasteiger charge is -2.34. The molecule has 0 saturated carbocycles. The summed E-state index contributed by atoms with van der Waals surface area (Å²) in [5.74, 6) is -0.00760. The fourth-order valence-electron chi connectivity index (χ4n) is 4.77. The maximum atomic E-state index is 13.3. The highest BCUT2D eigenvalue weighted by Crippen LogP contribution is 2.54. The molecule has 0 bridgehead atoms. The van der Waals surface area contributed by atoms with Crippen LogP contribution in [0.1, 0.15) is 35.6 Å². The van der Waals surface area contributed by atoms with Gasteiger partial charge in [-0.25, -0.2) is 0 Å². The van der Waals surface area contributed by atoms with Crippen molar-refractivity contribution in [1.82, 2.24) is 20.1 Å². The first kappa shape index (κ1) is 21.2. The second kappa shape index (κ2) is 9.01. The molecule has 32 heavy (non-hydrogen) atoms. The number of nitrogens with zero attached hydrogens (tertiary/aromatic N) is 3. The standard InChI is InChI=1S/C22H21N5O2.CH2O2/c28-19(8-7-15-12-24-25-13-15)27-11-9-22(20(27)16-4-3-10-23-14-16)17-5-1-2-6-18(17)26-21(22)29;2-1-3/h1-6,10,12-14,20H,7-9,11H2,(H,24,25)(H,26,29);1H,(H,2,3). The minimum Gasteiger partial charge on any atom is -0.483 e. The number of aryl methyl sites for hydroxylation is 1. The number of fused-ring (bicyclic) bond motifs is 2. The molecule has 1 spiro atoms. The van der Waals surface area contributed by atoms with Crippen molar-refractivity contribution in [1.29, 1.82) is 0 Å². The highest BCUT2D eigenvalue weighted by atomic mass is 16.3. The van der Waals surface area contributed by atoms with Crippen molar-refractivity contribution in [2.24, 2.45) is 0 Å². The number of hydrogen-bond acceptors (Lipinski definition) is 5. The van der Waals surface area contributed by atoms with E-state index in [1.807, 2.05) is 41.3 Å². The predicted molar refractivity (Wildman–Crippen MR) is 116 cm³/mol. The molecular weight excluding hydrogens is 410 g/mol. The van der Waals surface area contributed by atoms with Crippen LogP contribution in [0.4, 0.5) is 5.69 Å². The Hall–Kier alpha value is -4.01. The molecule has 0 aliphatic carbocycles. The number of carboxylic acid groups (broad SMARTS) is 1. The van der Waals surface area contributed by atoms with Crippen LogP contribution >= 0.6 is 0 Å². The van der Waals surface area contributed by atoms with E-state index < -0.39 is 5.41 Å². The third-order valence-corrected chi connectivity index (χ3v) is 6.09. The van der Waals surface area contributed by atoms with Crippen LogP contribution in [0.3, 0.4) is 0 Å². The minimum atomic E-state index is -0.787. The second-order valence-corrected chi connectivity index (χ2v) is 7.71. The van der Waals surface area contributed by atoms with Gasteiger partial charge in [-0.05, 0) is 41.7 Å². The third kappa shape index (κ3) is 3.62. The third-order valence-electron chi connectivity index (χ3n) is 6.09. The summed E-state index contributed by atoms with van der Waals surface area (Å²) in [7, 11) is 0. The van der Waals surface area contributed by atoms with Crippen LogP contribution in [0.2, 0.25) is 0 Å². The topological polar surface area (TPSA) is 128 Å². The van der Waals surface area contributed by atoms with Gasteiger partial charge in [0, 0.05) is 37.2 Å². The average Bonchev–Trinajstić information content (AvgIpc) is 3.53. The van der Waals surface area contributed by atoms with Gasteiger partial charge < -0.3 is 15.3 Å². The highest BCUT2D eigenvalue weighted by Gasteiger charge is 2.59. The molecule has 9 nitrogen and oxygen atoms in total. The van der Waals surface area contributed by atoms with Crippen LogP contribution in [0.15, 0.2) is 61.2 Å². The molecule has 3 N–H and O–H groups in total. The van der Waals surface area contributed by atoms with Crippen molar-refractivity contribution < 1.29 is 19.5 Å². The lowest BCUT2D eigenvalue weighted by molar-refractivity contribution is -0.133. The minimum absolute atomic E-state index is 0.0362. The lowest BCUT2D eigenvalue weighted by Crippen LogP contribution is -2.42.